The molecule has 0 spiro atoms. The summed E-state index contributed by atoms with van der Waals surface area (Å²) in [5.74, 6) is 0.420. The second-order valence-electron chi connectivity index (χ2n) is 4.55. The molecule has 1 amide bonds. The summed E-state index contributed by atoms with van der Waals surface area (Å²) in [5, 5.41) is 7.53. The average Bonchev–Trinajstić information content (AvgIpc) is 2.95. The predicted molar refractivity (Wildman–Crippen MR) is 81.5 cm³/mol. The Morgan fingerprint density at radius 3 is 2.95 bits per heavy atom. The molecule has 0 aliphatic heterocycles. The molecule has 2 aromatic rings. The van der Waals surface area contributed by atoms with Crippen molar-refractivity contribution in [3.63, 3.8) is 0 Å². The summed E-state index contributed by atoms with van der Waals surface area (Å²) in [7, 11) is 0. The van der Waals surface area contributed by atoms with Crippen LogP contribution in [0.25, 0.3) is 0 Å². The molecule has 1 aromatic heterocycles. The molecule has 5 nitrogen and oxygen atoms in total. The van der Waals surface area contributed by atoms with Gasteiger partial charge in [0.1, 0.15) is 11.4 Å². The first-order valence-electron chi connectivity index (χ1n) is 6.89. The van der Waals surface area contributed by atoms with Gasteiger partial charge in [0.05, 0.1) is 5.02 Å². The fraction of sp³-hybridized carbons (Fsp3) is 0.333. The van der Waals surface area contributed by atoms with Gasteiger partial charge in [-0.2, -0.15) is 5.10 Å². The molecule has 0 aliphatic rings. The number of rotatable bonds is 7. The van der Waals surface area contributed by atoms with E-state index in [0.717, 1.165) is 12.8 Å². The van der Waals surface area contributed by atoms with Crippen molar-refractivity contribution in [2.45, 2.75) is 26.5 Å². The number of benzene rings is 1. The quantitative estimate of drug-likeness (QED) is 0.800. The lowest BCUT2D eigenvalue weighted by Crippen LogP contribution is -2.25. The number of aromatic nitrogens is 2. The number of hydrogen-bond acceptors (Lipinski definition) is 3. The zero-order chi connectivity index (χ0) is 15.1. The molecular weight excluding hydrogens is 290 g/mol. The first-order chi connectivity index (χ1) is 10.2. The van der Waals surface area contributed by atoms with Crippen LogP contribution in [-0.2, 0) is 6.73 Å². The molecule has 0 atom stereocenters. The number of amides is 1. The number of nitrogens with zero attached hydrogens (tertiary/aromatic N) is 2. The molecule has 6 heteroatoms. The molecule has 0 aliphatic carbocycles. The molecule has 0 saturated heterocycles. The van der Waals surface area contributed by atoms with Crippen molar-refractivity contribution >= 4 is 17.5 Å². The lowest BCUT2D eigenvalue weighted by atomic mass is 10.3. The molecule has 21 heavy (non-hydrogen) atoms. The van der Waals surface area contributed by atoms with E-state index in [1.807, 2.05) is 12.1 Å². The standard InChI is InChI=1S/C15H18ClN3O2/c1-2-3-9-17-15(20)13-8-10-19(18-13)11-21-14-7-5-4-6-12(14)16/h4-8,10H,2-3,9,11H2,1H3,(H,17,20). The molecule has 0 fully saturated rings. The molecule has 1 heterocycles. The van der Waals surface area contributed by atoms with Gasteiger partial charge >= 0.3 is 0 Å². The Morgan fingerprint density at radius 1 is 1.38 bits per heavy atom. The molecular formula is C15H18ClN3O2. The van der Waals surface area contributed by atoms with Gasteiger partial charge in [-0.3, -0.25) is 4.79 Å². The minimum absolute atomic E-state index is 0.167. The minimum atomic E-state index is -0.167. The van der Waals surface area contributed by atoms with Gasteiger partial charge in [-0.1, -0.05) is 37.1 Å². The number of nitrogens with one attached hydrogen (secondary N) is 1. The highest BCUT2D eigenvalue weighted by Crippen LogP contribution is 2.23. The van der Waals surface area contributed by atoms with Crippen molar-refractivity contribution in [3.8, 4) is 5.75 Å². The van der Waals surface area contributed by atoms with Crippen LogP contribution < -0.4 is 10.1 Å². The van der Waals surface area contributed by atoms with Crippen LogP contribution in [0.15, 0.2) is 36.5 Å². The Labute approximate surface area is 128 Å². The van der Waals surface area contributed by atoms with Crippen molar-refractivity contribution in [1.29, 1.82) is 0 Å². The van der Waals surface area contributed by atoms with Gasteiger partial charge in [0.2, 0.25) is 0 Å². The third kappa shape index (κ3) is 4.49. The van der Waals surface area contributed by atoms with E-state index in [0.29, 0.717) is 23.0 Å². The van der Waals surface area contributed by atoms with Crippen molar-refractivity contribution < 1.29 is 9.53 Å². The molecule has 112 valence electrons. The summed E-state index contributed by atoms with van der Waals surface area (Å²) < 4.78 is 7.10. The fourth-order valence-corrected chi connectivity index (χ4v) is 1.91. The van der Waals surface area contributed by atoms with E-state index in [1.165, 1.54) is 0 Å². The van der Waals surface area contributed by atoms with Gasteiger partial charge < -0.3 is 10.1 Å². The maximum absolute atomic E-state index is 11.8. The van der Waals surface area contributed by atoms with Gasteiger partial charge in [0.25, 0.3) is 5.91 Å². The van der Waals surface area contributed by atoms with Crippen molar-refractivity contribution in [2.75, 3.05) is 6.54 Å². The zero-order valence-electron chi connectivity index (χ0n) is 11.9. The second-order valence-corrected chi connectivity index (χ2v) is 4.96. The van der Waals surface area contributed by atoms with Crippen LogP contribution in [0.5, 0.6) is 5.75 Å². The van der Waals surface area contributed by atoms with Gasteiger partial charge in [0, 0.05) is 12.7 Å². The summed E-state index contributed by atoms with van der Waals surface area (Å²) in [6.45, 7) is 2.94. The molecule has 0 bridgehead atoms. The van der Waals surface area contributed by atoms with E-state index >= 15 is 0 Å². The van der Waals surface area contributed by atoms with Gasteiger partial charge in [-0.25, -0.2) is 4.68 Å². The smallest absolute Gasteiger partial charge is 0.271 e. The maximum Gasteiger partial charge on any atom is 0.271 e. The summed E-state index contributed by atoms with van der Waals surface area (Å²) in [6, 6.07) is 8.88. The van der Waals surface area contributed by atoms with E-state index < -0.39 is 0 Å². The van der Waals surface area contributed by atoms with E-state index in [2.05, 4.69) is 17.3 Å². The highest BCUT2D eigenvalue weighted by atomic mass is 35.5. The molecule has 0 unspecified atom stereocenters. The van der Waals surface area contributed by atoms with Crippen LogP contribution in [0.4, 0.5) is 0 Å². The number of para-hydroxylation sites is 1. The van der Waals surface area contributed by atoms with Crippen molar-refractivity contribution in [1.82, 2.24) is 15.1 Å². The van der Waals surface area contributed by atoms with E-state index in [-0.39, 0.29) is 12.6 Å². The van der Waals surface area contributed by atoms with Crippen LogP contribution in [-0.4, -0.2) is 22.2 Å². The largest absolute Gasteiger partial charge is 0.470 e. The van der Waals surface area contributed by atoms with Gasteiger partial charge in [0.15, 0.2) is 6.73 Å². The maximum atomic E-state index is 11.8. The Morgan fingerprint density at radius 2 is 2.19 bits per heavy atom. The number of carbonyl (C=O) groups excluding carboxylic acids is 1. The highest BCUT2D eigenvalue weighted by Gasteiger charge is 2.09. The number of carbonyl (C=O) groups is 1. The molecule has 1 N–H and O–H groups in total. The Hall–Kier alpha value is -2.01. The number of ether oxygens (including phenoxy) is 1. The Balaban J connectivity index is 1.88. The van der Waals surface area contributed by atoms with Crippen LogP contribution in [0.2, 0.25) is 5.02 Å². The lowest BCUT2D eigenvalue weighted by Gasteiger charge is -2.07. The van der Waals surface area contributed by atoms with Crippen molar-refractivity contribution in [3.05, 3.63) is 47.2 Å². The monoisotopic (exact) mass is 307 g/mol. The summed E-state index contributed by atoms with van der Waals surface area (Å²) >= 11 is 6.00. The fourth-order valence-electron chi connectivity index (χ4n) is 1.72. The Kier molecular flexibility index (Phi) is 5.63. The second kappa shape index (κ2) is 7.69. The van der Waals surface area contributed by atoms with E-state index in [9.17, 15) is 4.79 Å². The first-order valence-corrected chi connectivity index (χ1v) is 7.27. The van der Waals surface area contributed by atoms with Gasteiger partial charge in [-0.05, 0) is 24.6 Å². The highest BCUT2D eigenvalue weighted by molar-refractivity contribution is 6.32. The van der Waals surface area contributed by atoms with Crippen LogP contribution in [0, 0.1) is 0 Å². The minimum Gasteiger partial charge on any atom is -0.470 e. The number of hydrogen-bond donors (Lipinski definition) is 1. The normalized spacial score (nSPS) is 10.4. The average molecular weight is 308 g/mol. The molecule has 0 radical (unpaired) electrons. The molecule has 0 saturated carbocycles. The third-order valence-electron chi connectivity index (χ3n) is 2.88. The van der Waals surface area contributed by atoms with Crippen LogP contribution >= 0.6 is 11.6 Å². The number of halogens is 1. The lowest BCUT2D eigenvalue weighted by molar-refractivity contribution is 0.0946. The van der Waals surface area contributed by atoms with Crippen LogP contribution in [0.3, 0.4) is 0 Å². The first kappa shape index (κ1) is 15.4. The third-order valence-corrected chi connectivity index (χ3v) is 3.19. The van der Waals surface area contributed by atoms with E-state index in [1.54, 1.807) is 29.1 Å². The molecule has 1 aromatic carbocycles. The summed E-state index contributed by atoms with van der Waals surface area (Å²) in [4.78, 5) is 11.8. The zero-order valence-corrected chi connectivity index (χ0v) is 12.6. The summed E-state index contributed by atoms with van der Waals surface area (Å²) in [6.07, 6.45) is 3.70. The molecule has 2 rings (SSSR count). The van der Waals surface area contributed by atoms with E-state index in [4.69, 9.17) is 16.3 Å². The van der Waals surface area contributed by atoms with Gasteiger partial charge in [-0.15, -0.1) is 0 Å². The topological polar surface area (TPSA) is 56.2 Å². The van der Waals surface area contributed by atoms with Crippen molar-refractivity contribution in [2.24, 2.45) is 0 Å². The summed E-state index contributed by atoms with van der Waals surface area (Å²) in [5.41, 5.74) is 0.383. The SMILES string of the molecule is CCCCNC(=O)c1ccn(COc2ccccc2Cl)n1. The predicted octanol–water partition coefficient (Wildman–Crippen LogP) is 3.10. The number of unbranched alkanes of at least 4 members (excludes halogenated alkanes) is 1. The Bertz CT molecular complexity index is 598. The van der Waals surface area contributed by atoms with Crippen LogP contribution in [0.1, 0.15) is 30.3 Å².